The average molecular weight is 356 g/mol. The van der Waals surface area contributed by atoms with Crippen LogP contribution in [0.15, 0.2) is 6.33 Å². The number of fused-ring (bicyclic) bond motifs is 1. The van der Waals surface area contributed by atoms with Gasteiger partial charge in [0, 0.05) is 19.3 Å². The zero-order valence-electron chi connectivity index (χ0n) is 12.8. The lowest BCUT2D eigenvalue weighted by molar-refractivity contribution is -0.0162. The molecule has 2 saturated heterocycles. The average Bonchev–Trinajstić information content (AvgIpc) is 3.13. The zero-order valence-corrected chi connectivity index (χ0v) is 13.6. The summed E-state index contributed by atoms with van der Waals surface area (Å²) in [6.07, 6.45) is 0.511. The molecule has 10 heteroatoms. The first-order chi connectivity index (χ1) is 11.6. The third kappa shape index (κ3) is 2.82. The summed E-state index contributed by atoms with van der Waals surface area (Å²) in [5.74, 6) is 0.545. The summed E-state index contributed by atoms with van der Waals surface area (Å²) in [6.45, 7) is 1.46. The van der Waals surface area contributed by atoms with E-state index < -0.39 is 18.4 Å². The summed E-state index contributed by atoms with van der Waals surface area (Å²) in [5.41, 5.74) is 0.991. The van der Waals surface area contributed by atoms with E-state index in [1.54, 1.807) is 4.57 Å². The topological polar surface area (TPSA) is 115 Å². The van der Waals surface area contributed by atoms with Gasteiger partial charge in [-0.25, -0.2) is 4.98 Å². The lowest BCUT2D eigenvalue weighted by Crippen LogP contribution is -2.29. The molecule has 4 rings (SSSR count). The molecule has 0 saturated carbocycles. The highest BCUT2D eigenvalue weighted by Gasteiger charge is 2.37. The van der Waals surface area contributed by atoms with Crippen molar-refractivity contribution in [3.63, 3.8) is 0 Å². The van der Waals surface area contributed by atoms with Gasteiger partial charge in [0.05, 0.1) is 12.9 Å². The van der Waals surface area contributed by atoms with Gasteiger partial charge in [-0.2, -0.15) is 9.97 Å². The number of aliphatic hydroxyl groups is 2. The van der Waals surface area contributed by atoms with Crippen LogP contribution in [-0.4, -0.2) is 67.8 Å². The second-order valence-corrected chi connectivity index (χ2v) is 6.32. The first-order valence-electron chi connectivity index (χ1n) is 7.85. The largest absolute Gasteiger partial charge is 0.388 e. The second kappa shape index (κ2) is 6.41. The van der Waals surface area contributed by atoms with E-state index in [-0.39, 0.29) is 17.9 Å². The fraction of sp³-hybridized carbons (Fsp3) is 0.643. The Morgan fingerprint density at radius 1 is 1.25 bits per heavy atom. The SMILES string of the molecule is OC1COC(n2cnc3c(NC4CCOCC4)nc(Cl)nc32)C1O. The van der Waals surface area contributed by atoms with Crippen LogP contribution in [0, 0.1) is 0 Å². The molecule has 0 spiro atoms. The molecule has 2 aliphatic heterocycles. The summed E-state index contributed by atoms with van der Waals surface area (Å²) in [6, 6.07) is 0.230. The molecule has 4 heterocycles. The first kappa shape index (κ1) is 16.0. The van der Waals surface area contributed by atoms with E-state index in [0.29, 0.717) is 30.2 Å². The molecule has 24 heavy (non-hydrogen) atoms. The number of hydrogen-bond donors (Lipinski definition) is 3. The fourth-order valence-corrected chi connectivity index (χ4v) is 3.21. The van der Waals surface area contributed by atoms with Crippen LogP contribution in [0.2, 0.25) is 5.28 Å². The highest BCUT2D eigenvalue weighted by Crippen LogP contribution is 2.30. The van der Waals surface area contributed by atoms with E-state index in [1.165, 1.54) is 6.33 Å². The number of nitrogens with one attached hydrogen (secondary N) is 1. The highest BCUT2D eigenvalue weighted by atomic mass is 35.5. The minimum Gasteiger partial charge on any atom is -0.388 e. The lowest BCUT2D eigenvalue weighted by atomic mass is 10.1. The van der Waals surface area contributed by atoms with Crippen molar-refractivity contribution in [2.24, 2.45) is 0 Å². The predicted octanol–water partition coefficient (Wildman–Crippen LogP) is 0.321. The van der Waals surface area contributed by atoms with E-state index in [1.807, 2.05) is 0 Å². The lowest BCUT2D eigenvalue weighted by Gasteiger charge is -2.23. The van der Waals surface area contributed by atoms with Crippen LogP contribution in [0.25, 0.3) is 11.2 Å². The van der Waals surface area contributed by atoms with Gasteiger partial charge in [0.2, 0.25) is 5.28 Å². The predicted molar refractivity (Wildman–Crippen MR) is 84.8 cm³/mol. The Bertz CT molecular complexity index is 735. The van der Waals surface area contributed by atoms with E-state index in [4.69, 9.17) is 21.1 Å². The summed E-state index contributed by atoms with van der Waals surface area (Å²) in [5, 5.41) is 23.2. The Balaban J connectivity index is 1.69. The van der Waals surface area contributed by atoms with Crippen molar-refractivity contribution in [1.29, 1.82) is 0 Å². The van der Waals surface area contributed by atoms with Crippen LogP contribution >= 0.6 is 11.6 Å². The minimum absolute atomic E-state index is 0.0531. The number of ether oxygens (including phenoxy) is 2. The third-order valence-corrected chi connectivity index (χ3v) is 4.52. The molecule has 3 unspecified atom stereocenters. The molecule has 0 bridgehead atoms. The Kier molecular flexibility index (Phi) is 4.27. The monoisotopic (exact) mass is 355 g/mol. The Hall–Kier alpha value is -1.52. The number of halogens is 1. The highest BCUT2D eigenvalue weighted by molar-refractivity contribution is 6.28. The Morgan fingerprint density at radius 3 is 2.75 bits per heavy atom. The van der Waals surface area contributed by atoms with Crippen molar-refractivity contribution in [2.45, 2.75) is 37.3 Å². The van der Waals surface area contributed by atoms with Gasteiger partial charge in [-0.3, -0.25) is 4.57 Å². The van der Waals surface area contributed by atoms with Gasteiger partial charge in [-0.15, -0.1) is 0 Å². The molecule has 3 N–H and O–H groups in total. The Labute approximate surface area is 142 Å². The van der Waals surface area contributed by atoms with Crippen LogP contribution in [0.5, 0.6) is 0 Å². The van der Waals surface area contributed by atoms with Gasteiger partial charge < -0.3 is 25.0 Å². The molecule has 130 valence electrons. The molecule has 2 aromatic heterocycles. The van der Waals surface area contributed by atoms with Crippen molar-refractivity contribution < 1.29 is 19.7 Å². The molecule has 0 aromatic carbocycles. The number of imidazole rings is 1. The standard InChI is InChI=1S/C14H18ClN5O4/c15-14-18-11(17-7-1-3-23-4-2-7)9-12(19-14)20(6-16-9)13-10(22)8(21)5-24-13/h6-8,10,13,21-22H,1-5H2,(H,17,18,19). The summed E-state index contributed by atoms with van der Waals surface area (Å²) in [7, 11) is 0. The molecule has 9 nitrogen and oxygen atoms in total. The smallest absolute Gasteiger partial charge is 0.226 e. The number of nitrogens with zero attached hydrogens (tertiary/aromatic N) is 4. The van der Waals surface area contributed by atoms with E-state index in [0.717, 1.165) is 12.8 Å². The number of aliphatic hydroxyl groups excluding tert-OH is 2. The summed E-state index contributed by atoms with van der Waals surface area (Å²) < 4.78 is 12.4. The first-order valence-corrected chi connectivity index (χ1v) is 8.23. The van der Waals surface area contributed by atoms with Crippen molar-refractivity contribution in [3.8, 4) is 0 Å². The quantitative estimate of drug-likeness (QED) is 0.674. The maximum Gasteiger partial charge on any atom is 0.226 e. The van der Waals surface area contributed by atoms with E-state index in [9.17, 15) is 10.2 Å². The molecule has 0 amide bonds. The molecule has 0 aliphatic carbocycles. The molecule has 2 aliphatic rings. The van der Waals surface area contributed by atoms with Crippen molar-refractivity contribution in [1.82, 2.24) is 19.5 Å². The third-order valence-electron chi connectivity index (χ3n) is 4.35. The Morgan fingerprint density at radius 2 is 2.04 bits per heavy atom. The van der Waals surface area contributed by atoms with Gasteiger partial charge in [-0.05, 0) is 24.4 Å². The fourth-order valence-electron chi connectivity index (χ4n) is 3.04. The number of anilines is 1. The van der Waals surface area contributed by atoms with Gasteiger partial charge in [0.25, 0.3) is 0 Å². The van der Waals surface area contributed by atoms with Crippen molar-refractivity contribution >= 4 is 28.6 Å². The zero-order chi connectivity index (χ0) is 16.7. The summed E-state index contributed by atoms with van der Waals surface area (Å²) >= 11 is 6.06. The molecule has 2 fully saturated rings. The molecule has 3 atom stereocenters. The van der Waals surface area contributed by atoms with Gasteiger partial charge >= 0.3 is 0 Å². The maximum absolute atomic E-state index is 10.1. The summed E-state index contributed by atoms with van der Waals surface area (Å²) in [4.78, 5) is 12.8. The number of hydrogen-bond acceptors (Lipinski definition) is 8. The number of aromatic nitrogens is 4. The molecule has 2 aromatic rings. The van der Waals surface area contributed by atoms with Crippen molar-refractivity contribution in [3.05, 3.63) is 11.6 Å². The van der Waals surface area contributed by atoms with E-state index in [2.05, 4.69) is 20.3 Å². The molecular weight excluding hydrogens is 338 g/mol. The van der Waals surface area contributed by atoms with Crippen LogP contribution in [0.4, 0.5) is 5.82 Å². The minimum atomic E-state index is -1.05. The molecule has 0 radical (unpaired) electrons. The van der Waals surface area contributed by atoms with Gasteiger partial charge in [0.1, 0.15) is 12.2 Å². The number of rotatable bonds is 3. The van der Waals surface area contributed by atoms with Crippen LogP contribution in [-0.2, 0) is 9.47 Å². The van der Waals surface area contributed by atoms with Crippen LogP contribution in [0.3, 0.4) is 0 Å². The van der Waals surface area contributed by atoms with E-state index >= 15 is 0 Å². The second-order valence-electron chi connectivity index (χ2n) is 5.98. The van der Waals surface area contributed by atoms with Crippen molar-refractivity contribution in [2.75, 3.05) is 25.1 Å². The maximum atomic E-state index is 10.1. The van der Waals surface area contributed by atoms with Gasteiger partial charge in [-0.1, -0.05) is 0 Å². The van der Waals surface area contributed by atoms with Crippen LogP contribution in [0.1, 0.15) is 19.1 Å². The van der Waals surface area contributed by atoms with Crippen LogP contribution < -0.4 is 5.32 Å². The normalized spacial score (nSPS) is 28.5. The van der Waals surface area contributed by atoms with Gasteiger partial charge in [0.15, 0.2) is 23.2 Å². The molecular formula is C14H18ClN5O4.